The molecule has 0 bridgehead atoms. The number of rotatable bonds is 3. The van der Waals surface area contributed by atoms with E-state index >= 15 is 0 Å². The monoisotopic (exact) mass is 418 g/mol. The van der Waals surface area contributed by atoms with E-state index in [2.05, 4.69) is 15.7 Å². The molecular weight excluding hydrogens is 406 g/mol. The predicted molar refractivity (Wildman–Crippen MR) is 105 cm³/mol. The molecule has 0 saturated heterocycles. The van der Waals surface area contributed by atoms with Crippen molar-refractivity contribution in [2.24, 2.45) is 0 Å². The van der Waals surface area contributed by atoms with Crippen molar-refractivity contribution in [3.8, 4) is 11.3 Å². The second-order valence-electron chi connectivity index (χ2n) is 6.25. The molecule has 0 spiro atoms. The lowest BCUT2D eigenvalue weighted by atomic mass is 10.1. The zero-order chi connectivity index (χ0) is 19.8. The molecule has 28 heavy (non-hydrogen) atoms. The fourth-order valence-corrected chi connectivity index (χ4v) is 3.41. The molecule has 0 saturated carbocycles. The van der Waals surface area contributed by atoms with Crippen LogP contribution in [-0.2, 0) is 9.59 Å². The number of aromatic nitrogens is 2. The van der Waals surface area contributed by atoms with Gasteiger partial charge in [-0.15, -0.1) is 0 Å². The van der Waals surface area contributed by atoms with Gasteiger partial charge < -0.3 is 10.6 Å². The van der Waals surface area contributed by atoms with Gasteiger partial charge in [-0.3, -0.25) is 9.59 Å². The van der Waals surface area contributed by atoms with Crippen molar-refractivity contribution in [3.05, 3.63) is 64.4 Å². The zero-order valence-electron chi connectivity index (χ0n) is 14.2. The lowest BCUT2D eigenvalue weighted by Crippen LogP contribution is -2.35. The number of amides is 2. The normalized spacial score (nSPS) is 15.7. The number of halogens is 3. The highest BCUT2D eigenvalue weighted by Crippen LogP contribution is 2.31. The molecule has 0 fully saturated rings. The van der Waals surface area contributed by atoms with E-state index in [0.29, 0.717) is 27.8 Å². The van der Waals surface area contributed by atoms with Crippen molar-refractivity contribution in [3.63, 3.8) is 0 Å². The highest BCUT2D eigenvalue weighted by molar-refractivity contribution is 6.36. The molecule has 9 heteroatoms. The van der Waals surface area contributed by atoms with Crippen molar-refractivity contribution >= 4 is 46.5 Å². The second-order valence-corrected chi connectivity index (χ2v) is 7.09. The van der Waals surface area contributed by atoms with Crippen molar-refractivity contribution in [2.75, 3.05) is 10.6 Å². The summed E-state index contributed by atoms with van der Waals surface area (Å²) >= 11 is 12.0. The molecule has 142 valence electrons. The van der Waals surface area contributed by atoms with Gasteiger partial charge in [-0.2, -0.15) is 5.10 Å². The highest BCUT2D eigenvalue weighted by Gasteiger charge is 2.32. The van der Waals surface area contributed by atoms with Crippen molar-refractivity contribution in [1.29, 1.82) is 0 Å². The maximum Gasteiger partial charge on any atom is 0.249 e. The zero-order valence-corrected chi connectivity index (χ0v) is 15.8. The Morgan fingerprint density at radius 3 is 2.64 bits per heavy atom. The average Bonchev–Trinajstić information content (AvgIpc) is 3.07. The summed E-state index contributed by atoms with van der Waals surface area (Å²) < 4.78 is 14.6. The maximum atomic E-state index is 13.2. The number of hydrogen-bond acceptors (Lipinski definition) is 3. The van der Waals surface area contributed by atoms with E-state index in [1.54, 1.807) is 30.3 Å². The second kappa shape index (κ2) is 7.26. The van der Waals surface area contributed by atoms with Gasteiger partial charge in [0.2, 0.25) is 11.8 Å². The van der Waals surface area contributed by atoms with Crippen LogP contribution in [0.1, 0.15) is 12.5 Å². The molecule has 2 heterocycles. The van der Waals surface area contributed by atoms with Crippen LogP contribution in [0.3, 0.4) is 0 Å². The minimum atomic E-state index is -0.857. The van der Waals surface area contributed by atoms with Crippen LogP contribution in [0.15, 0.2) is 48.5 Å². The van der Waals surface area contributed by atoms with E-state index in [9.17, 15) is 14.0 Å². The van der Waals surface area contributed by atoms with E-state index < -0.39 is 11.9 Å². The summed E-state index contributed by atoms with van der Waals surface area (Å²) in [6.45, 7) is 0. The third-order valence-electron chi connectivity index (χ3n) is 4.31. The van der Waals surface area contributed by atoms with Crippen LogP contribution >= 0.6 is 23.2 Å². The molecule has 1 aliphatic heterocycles. The van der Waals surface area contributed by atoms with Crippen molar-refractivity contribution < 1.29 is 14.0 Å². The molecule has 0 aliphatic carbocycles. The average molecular weight is 419 g/mol. The van der Waals surface area contributed by atoms with Gasteiger partial charge in [-0.05, 0) is 42.5 Å². The molecule has 1 unspecified atom stereocenters. The first-order chi connectivity index (χ1) is 13.4. The Kier molecular flexibility index (Phi) is 4.78. The smallest absolute Gasteiger partial charge is 0.249 e. The summed E-state index contributed by atoms with van der Waals surface area (Å²) in [5.41, 5.74) is 1.56. The lowest BCUT2D eigenvalue weighted by molar-refractivity contribution is -0.125. The fourth-order valence-electron chi connectivity index (χ4n) is 2.95. The highest BCUT2D eigenvalue weighted by atomic mass is 35.5. The van der Waals surface area contributed by atoms with E-state index in [4.69, 9.17) is 23.2 Å². The largest absolute Gasteiger partial charge is 0.323 e. The Bertz CT molecular complexity index is 1080. The molecular formula is C19H13Cl2FN4O2. The Balaban J connectivity index is 1.65. The molecule has 1 aromatic heterocycles. The summed E-state index contributed by atoms with van der Waals surface area (Å²) in [7, 11) is 0. The van der Waals surface area contributed by atoms with Crippen LogP contribution in [0.4, 0.5) is 15.9 Å². The predicted octanol–water partition coefficient (Wildman–Crippen LogP) is 4.52. The quantitative estimate of drug-likeness (QED) is 0.656. The van der Waals surface area contributed by atoms with Gasteiger partial charge >= 0.3 is 0 Å². The Morgan fingerprint density at radius 1 is 1.18 bits per heavy atom. The molecule has 1 atom stereocenters. The van der Waals surface area contributed by atoms with E-state index in [-0.39, 0.29) is 23.2 Å². The molecule has 3 aromatic rings. The topological polar surface area (TPSA) is 76.0 Å². The number of carbonyl (C=O) groups is 2. The molecule has 2 amide bonds. The van der Waals surface area contributed by atoms with Crippen LogP contribution < -0.4 is 10.6 Å². The molecule has 0 radical (unpaired) electrons. The van der Waals surface area contributed by atoms with Gasteiger partial charge in [-0.25, -0.2) is 9.07 Å². The Hall–Kier alpha value is -2.90. The maximum absolute atomic E-state index is 13.2. The summed E-state index contributed by atoms with van der Waals surface area (Å²) in [4.78, 5) is 24.9. The number of hydrogen-bond donors (Lipinski definition) is 2. The van der Waals surface area contributed by atoms with Gasteiger partial charge in [0, 0.05) is 16.7 Å². The third kappa shape index (κ3) is 3.58. The number of benzene rings is 2. The van der Waals surface area contributed by atoms with Crippen LogP contribution in [0.2, 0.25) is 10.0 Å². The van der Waals surface area contributed by atoms with E-state index in [1.165, 1.54) is 22.9 Å². The number of nitrogens with zero attached hydrogens (tertiary/aromatic N) is 2. The lowest BCUT2D eigenvalue weighted by Gasteiger charge is -2.23. The summed E-state index contributed by atoms with van der Waals surface area (Å²) in [5, 5.41) is 10.6. The van der Waals surface area contributed by atoms with Crippen LogP contribution in [0, 0.1) is 5.82 Å². The number of carbonyl (C=O) groups excluding carboxylic acids is 2. The first-order valence-corrected chi connectivity index (χ1v) is 9.07. The fraction of sp³-hybridized carbons (Fsp3) is 0.105. The first kappa shape index (κ1) is 18.5. The van der Waals surface area contributed by atoms with Gasteiger partial charge in [0.05, 0.1) is 22.8 Å². The summed E-state index contributed by atoms with van der Waals surface area (Å²) in [6, 6.07) is 11.3. The molecule has 1 aliphatic rings. The third-order valence-corrected chi connectivity index (χ3v) is 4.86. The minimum Gasteiger partial charge on any atom is -0.323 e. The standard InChI is InChI=1S/C19H13Cl2FN4O2/c20-11-3-6-14(13(21)7-11)23-19(28)16-9-18(27)24-17-8-15(25-26(16)17)10-1-4-12(22)5-2-10/h1-8,16H,9H2,(H,23,28)(H,24,27). The molecule has 4 rings (SSSR count). The van der Waals surface area contributed by atoms with Crippen LogP contribution in [0.25, 0.3) is 11.3 Å². The number of nitrogens with one attached hydrogen (secondary N) is 2. The SMILES string of the molecule is O=C1CC(C(=O)Nc2ccc(Cl)cc2Cl)n2nc(-c3ccc(F)cc3)cc2N1. The molecule has 6 nitrogen and oxygen atoms in total. The van der Waals surface area contributed by atoms with Gasteiger partial charge in [-0.1, -0.05) is 23.2 Å². The number of fused-ring (bicyclic) bond motifs is 1. The minimum absolute atomic E-state index is 0.0748. The van der Waals surface area contributed by atoms with E-state index in [1.807, 2.05) is 0 Å². The van der Waals surface area contributed by atoms with Gasteiger partial charge in [0.25, 0.3) is 0 Å². The first-order valence-electron chi connectivity index (χ1n) is 8.32. The summed E-state index contributed by atoms with van der Waals surface area (Å²) in [5.74, 6) is -0.717. The van der Waals surface area contributed by atoms with Crippen LogP contribution in [-0.4, -0.2) is 21.6 Å². The van der Waals surface area contributed by atoms with Crippen LogP contribution in [0.5, 0.6) is 0 Å². The molecule has 2 N–H and O–H groups in total. The number of anilines is 2. The van der Waals surface area contributed by atoms with E-state index in [0.717, 1.165) is 0 Å². The van der Waals surface area contributed by atoms with Crippen molar-refractivity contribution in [2.45, 2.75) is 12.5 Å². The van der Waals surface area contributed by atoms with Gasteiger partial charge in [0.15, 0.2) is 0 Å². The van der Waals surface area contributed by atoms with Gasteiger partial charge in [0.1, 0.15) is 17.7 Å². The Morgan fingerprint density at radius 2 is 1.93 bits per heavy atom. The Labute approximate surface area is 169 Å². The van der Waals surface area contributed by atoms with Crippen molar-refractivity contribution in [1.82, 2.24) is 9.78 Å². The molecule has 2 aromatic carbocycles. The summed E-state index contributed by atoms with van der Waals surface area (Å²) in [6.07, 6.45) is -0.0748.